The molecule has 0 fully saturated rings. The summed E-state index contributed by atoms with van der Waals surface area (Å²) in [7, 11) is 0. The molecule has 0 spiro atoms. The SMILES string of the molecule is O=C(COC(=O)Cn1ccccc1=O)NCc1ccccc1Cl. The molecule has 2 aromatic rings. The number of carbonyl (C=O) groups excluding carboxylic acids is 2. The van der Waals surface area contributed by atoms with Gasteiger partial charge in [-0.3, -0.25) is 14.4 Å². The highest BCUT2D eigenvalue weighted by Crippen LogP contribution is 2.14. The van der Waals surface area contributed by atoms with Crippen LogP contribution in [0.15, 0.2) is 53.5 Å². The lowest BCUT2D eigenvalue weighted by atomic mass is 10.2. The molecule has 0 aliphatic heterocycles. The van der Waals surface area contributed by atoms with Crippen LogP contribution in [0.2, 0.25) is 5.02 Å². The molecule has 0 aliphatic rings. The number of hydrogen-bond acceptors (Lipinski definition) is 4. The molecule has 1 N–H and O–H groups in total. The van der Waals surface area contributed by atoms with E-state index in [1.54, 1.807) is 30.3 Å². The molecule has 0 aliphatic carbocycles. The summed E-state index contributed by atoms with van der Waals surface area (Å²) < 4.78 is 6.04. The van der Waals surface area contributed by atoms with Crippen LogP contribution in [0.1, 0.15) is 5.56 Å². The Morgan fingerprint density at radius 3 is 2.61 bits per heavy atom. The highest BCUT2D eigenvalue weighted by Gasteiger charge is 2.09. The average Bonchev–Trinajstić information content (AvgIpc) is 2.54. The molecule has 0 radical (unpaired) electrons. The van der Waals surface area contributed by atoms with E-state index in [-0.39, 0.29) is 18.6 Å². The fourth-order valence-corrected chi connectivity index (χ4v) is 2.01. The zero-order chi connectivity index (χ0) is 16.7. The molecule has 1 heterocycles. The second-order valence-electron chi connectivity index (χ2n) is 4.70. The smallest absolute Gasteiger partial charge is 0.326 e. The fraction of sp³-hybridized carbons (Fsp3) is 0.188. The van der Waals surface area contributed by atoms with Gasteiger partial charge in [-0.1, -0.05) is 35.9 Å². The predicted octanol–water partition coefficient (Wildman–Crippen LogP) is 1.36. The van der Waals surface area contributed by atoms with Gasteiger partial charge in [0.1, 0.15) is 6.54 Å². The molecule has 1 aromatic carbocycles. The maximum atomic E-state index is 11.7. The molecule has 0 saturated heterocycles. The fourth-order valence-electron chi connectivity index (χ4n) is 1.81. The maximum absolute atomic E-state index is 11.7. The van der Waals surface area contributed by atoms with Gasteiger partial charge in [-0.05, 0) is 17.7 Å². The van der Waals surface area contributed by atoms with Gasteiger partial charge in [0.15, 0.2) is 6.61 Å². The van der Waals surface area contributed by atoms with Crippen LogP contribution in [0.3, 0.4) is 0 Å². The third-order valence-electron chi connectivity index (χ3n) is 3.00. The van der Waals surface area contributed by atoms with Crippen molar-refractivity contribution in [2.75, 3.05) is 6.61 Å². The monoisotopic (exact) mass is 334 g/mol. The minimum absolute atomic E-state index is 0.239. The minimum Gasteiger partial charge on any atom is -0.454 e. The van der Waals surface area contributed by atoms with E-state index in [4.69, 9.17) is 16.3 Å². The maximum Gasteiger partial charge on any atom is 0.326 e. The number of carbonyl (C=O) groups is 2. The minimum atomic E-state index is -0.661. The Morgan fingerprint density at radius 1 is 1.13 bits per heavy atom. The van der Waals surface area contributed by atoms with E-state index in [1.807, 2.05) is 6.07 Å². The van der Waals surface area contributed by atoms with Crippen molar-refractivity contribution in [3.05, 3.63) is 69.6 Å². The van der Waals surface area contributed by atoms with Crippen LogP contribution in [-0.2, 0) is 27.4 Å². The summed E-state index contributed by atoms with van der Waals surface area (Å²) in [5.74, 6) is -1.11. The first kappa shape index (κ1) is 16.8. The normalized spacial score (nSPS) is 10.1. The number of aromatic nitrogens is 1. The molecule has 23 heavy (non-hydrogen) atoms. The van der Waals surface area contributed by atoms with Crippen LogP contribution in [0.4, 0.5) is 0 Å². The molecule has 6 nitrogen and oxygen atoms in total. The largest absolute Gasteiger partial charge is 0.454 e. The van der Waals surface area contributed by atoms with Crippen molar-refractivity contribution in [3.63, 3.8) is 0 Å². The summed E-state index contributed by atoms with van der Waals surface area (Å²) in [4.78, 5) is 34.7. The van der Waals surface area contributed by atoms with E-state index in [0.717, 1.165) is 5.56 Å². The van der Waals surface area contributed by atoms with E-state index >= 15 is 0 Å². The molecule has 1 aromatic heterocycles. The quantitative estimate of drug-likeness (QED) is 0.809. The standard InChI is InChI=1S/C16H15ClN2O4/c17-13-6-2-1-5-12(13)9-18-14(20)11-23-16(22)10-19-8-4-3-7-15(19)21/h1-8H,9-11H2,(H,18,20). The first-order valence-electron chi connectivity index (χ1n) is 6.87. The van der Waals surface area contributed by atoms with Gasteiger partial charge in [0, 0.05) is 23.8 Å². The number of esters is 1. The second kappa shape index (κ2) is 8.14. The van der Waals surface area contributed by atoms with E-state index in [2.05, 4.69) is 5.32 Å². The second-order valence-corrected chi connectivity index (χ2v) is 5.10. The summed E-state index contributed by atoms with van der Waals surface area (Å²) in [6.07, 6.45) is 1.47. The Bertz CT molecular complexity index is 757. The third-order valence-corrected chi connectivity index (χ3v) is 3.37. The topological polar surface area (TPSA) is 77.4 Å². The van der Waals surface area contributed by atoms with Crippen LogP contribution >= 0.6 is 11.6 Å². The Hall–Kier alpha value is -2.60. The molecule has 7 heteroatoms. The van der Waals surface area contributed by atoms with Gasteiger partial charge in [0.2, 0.25) is 0 Å². The number of ether oxygens (including phenoxy) is 1. The van der Waals surface area contributed by atoms with Crippen LogP contribution in [0.25, 0.3) is 0 Å². The van der Waals surface area contributed by atoms with E-state index in [0.29, 0.717) is 5.02 Å². The Morgan fingerprint density at radius 2 is 1.87 bits per heavy atom. The molecular formula is C16H15ClN2O4. The Balaban J connectivity index is 1.76. The van der Waals surface area contributed by atoms with Crippen molar-refractivity contribution in [1.29, 1.82) is 0 Å². The number of nitrogens with one attached hydrogen (secondary N) is 1. The first-order chi connectivity index (χ1) is 11.1. The van der Waals surface area contributed by atoms with Gasteiger partial charge in [-0.15, -0.1) is 0 Å². The number of benzene rings is 1. The summed E-state index contributed by atoms with van der Waals surface area (Å²) in [6.45, 7) is -0.406. The lowest BCUT2D eigenvalue weighted by molar-refractivity contribution is -0.149. The molecule has 0 atom stereocenters. The van der Waals surface area contributed by atoms with Gasteiger partial charge in [0.25, 0.3) is 11.5 Å². The lowest BCUT2D eigenvalue weighted by Gasteiger charge is -2.08. The van der Waals surface area contributed by atoms with E-state index < -0.39 is 18.5 Å². The number of halogens is 1. The van der Waals surface area contributed by atoms with Crippen molar-refractivity contribution in [2.24, 2.45) is 0 Å². The number of hydrogen-bond donors (Lipinski definition) is 1. The van der Waals surface area contributed by atoms with Gasteiger partial charge in [-0.2, -0.15) is 0 Å². The molecule has 0 unspecified atom stereocenters. The van der Waals surface area contributed by atoms with Crippen LogP contribution < -0.4 is 10.9 Å². The number of amides is 1. The van der Waals surface area contributed by atoms with Crippen LogP contribution in [0.5, 0.6) is 0 Å². The van der Waals surface area contributed by atoms with Crippen LogP contribution in [-0.4, -0.2) is 23.1 Å². The summed E-state index contributed by atoms with van der Waals surface area (Å²) in [5, 5.41) is 3.15. The summed E-state index contributed by atoms with van der Waals surface area (Å²) >= 11 is 5.97. The Labute approximate surface area is 137 Å². The zero-order valence-corrected chi connectivity index (χ0v) is 13.0. The Kier molecular flexibility index (Phi) is 5.94. The van der Waals surface area contributed by atoms with Crippen molar-refractivity contribution in [3.8, 4) is 0 Å². The molecule has 1 amide bonds. The molecule has 2 rings (SSSR count). The van der Waals surface area contributed by atoms with Crippen molar-refractivity contribution >= 4 is 23.5 Å². The first-order valence-corrected chi connectivity index (χ1v) is 7.25. The summed E-state index contributed by atoms with van der Waals surface area (Å²) in [6, 6.07) is 11.7. The van der Waals surface area contributed by atoms with E-state index in [9.17, 15) is 14.4 Å². The predicted molar refractivity (Wildman–Crippen MR) is 85.0 cm³/mol. The average molecular weight is 335 g/mol. The van der Waals surface area contributed by atoms with Crippen molar-refractivity contribution in [1.82, 2.24) is 9.88 Å². The third kappa shape index (κ3) is 5.27. The van der Waals surface area contributed by atoms with Crippen molar-refractivity contribution in [2.45, 2.75) is 13.1 Å². The molecular weight excluding hydrogens is 320 g/mol. The lowest BCUT2D eigenvalue weighted by Crippen LogP contribution is -2.30. The highest BCUT2D eigenvalue weighted by molar-refractivity contribution is 6.31. The van der Waals surface area contributed by atoms with Gasteiger partial charge >= 0.3 is 5.97 Å². The molecule has 0 saturated carbocycles. The number of nitrogens with zero attached hydrogens (tertiary/aromatic N) is 1. The molecule has 0 bridgehead atoms. The highest BCUT2D eigenvalue weighted by atomic mass is 35.5. The van der Waals surface area contributed by atoms with Gasteiger partial charge in [-0.25, -0.2) is 0 Å². The van der Waals surface area contributed by atoms with Gasteiger partial charge < -0.3 is 14.6 Å². The van der Waals surface area contributed by atoms with Crippen molar-refractivity contribution < 1.29 is 14.3 Å². The zero-order valence-electron chi connectivity index (χ0n) is 12.2. The van der Waals surface area contributed by atoms with Crippen LogP contribution in [0, 0.1) is 0 Å². The number of pyridine rings is 1. The van der Waals surface area contributed by atoms with E-state index in [1.165, 1.54) is 16.8 Å². The van der Waals surface area contributed by atoms with Gasteiger partial charge in [0.05, 0.1) is 0 Å². The molecule has 120 valence electrons. The summed E-state index contributed by atoms with van der Waals surface area (Å²) in [5.41, 5.74) is 0.456. The number of rotatable bonds is 6.